The molecule has 0 saturated heterocycles. The van der Waals surface area contributed by atoms with Crippen molar-refractivity contribution in [3.63, 3.8) is 0 Å². The summed E-state index contributed by atoms with van der Waals surface area (Å²) in [5, 5.41) is 9.94. The molecule has 2 atom stereocenters. The fourth-order valence-corrected chi connectivity index (χ4v) is 5.36. The molecule has 0 radical (unpaired) electrons. The minimum absolute atomic E-state index is 0.143. The summed E-state index contributed by atoms with van der Waals surface area (Å²) < 4.78 is 56.2. The van der Waals surface area contributed by atoms with Crippen molar-refractivity contribution < 1.29 is 22.4 Å². The van der Waals surface area contributed by atoms with Crippen molar-refractivity contribution in [2.45, 2.75) is 38.4 Å². The van der Waals surface area contributed by atoms with E-state index in [0.29, 0.717) is 41.9 Å². The number of nitrogens with zero attached hydrogens (tertiary/aromatic N) is 7. The number of aromatic nitrogens is 7. The number of carbonyl (C=O) groups excluding carboxylic acids is 1. The first-order chi connectivity index (χ1) is 21.5. The van der Waals surface area contributed by atoms with Crippen molar-refractivity contribution >= 4 is 23.2 Å². The SMILES string of the molecule is C[C@@H]1CCC[C@@H](n2cnc(-c3cc(Cl)ccc3-n3cc(C(F)(F)F)nn3)cc2=O)c2cc(ncn2)-c2cc(F)ccc2NC1=O. The molecule has 45 heavy (non-hydrogen) atoms. The lowest BCUT2D eigenvalue weighted by Gasteiger charge is -2.22. The van der Waals surface area contributed by atoms with Crippen LogP contribution in [0.1, 0.15) is 43.6 Å². The Balaban J connectivity index is 1.42. The van der Waals surface area contributed by atoms with Gasteiger partial charge in [0.05, 0.1) is 47.0 Å². The van der Waals surface area contributed by atoms with Gasteiger partial charge in [-0.3, -0.25) is 14.2 Å². The van der Waals surface area contributed by atoms with Crippen LogP contribution in [0.2, 0.25) is 5.02 Å². The predicted octanol–water partition coefficient (Wildman–Crippen LogP) is 6.11. The van der Waals surface area contributed by atoms with Gasteiger partial charge in [-0.2, -0.15) is 13.2 Å². The van der Waals surface area contributed by atoms with Gasteiger partial charge in [-0.15, -0.1) is 5.10 Å². The van der Waals surface area contributed by atoms with Gasteiger partial charge in [0.25, 0.3) is 5.56 Å². The average Bonchev–Trinajstić information content (AvgIpc) is 3.51. The van der Waals surface area contributed by atoms with Crippen molar-refractivity contribution in [3.05, 3.63) is 100.0 Å². The molecule has 1 aliphatic heterocycles. The van der Waals surface area contributed by atoms with Crippen LogP contribution in [0.3, 0.4) is 0 Å². The van der Waals surface area contributed by atoms with Crippen molar-refractivity contribution in [2.24, 2.45) is 5.92 Å². The molecule has 1 amide bonds. The number of rotatable bonds is 3. The Morgan fingerprint density at radius 3 is 2.51 bits per heavy atom. The number of carbonyl (C=O) groups is 1. The second kappa shape index (κ2) is 11.8. The largest absolute Gasteiger partial charge is 0.436 e. The molecule has 3 aromatic heterocycles. The van der Waals surface area contributed by atoms with Gasteiger partial charge in [-0.1, -0.05) is 30.2 Å². The molecule has 1 aliphatic rings. The van der Waals surface area contributed by atoms with E-state index >= 15 is 0 Å². The Bertz CT molecular complexity index is 1980. The Hall–Kier alpha value is -4.98. The van der Waals surface area contributed by atoms with Crippen molar-refractivity contribution in [3.8, 4) is 28.2 Å². The summed E-state index contributed by atoms with van der Waals surface area (Å²) in [6.45, 7) is 1.78. The second-order valence-electron chi connectivity index (χ2n) is 10.6. The number of amides is 1. The average molecular weight is 639 g/mol. The molecule has 4 heterocycles. The predicted molar refractivity (Wildman–Crippen MR) is 156 cm³/mol. The molecular weight excluding hydrogens is 616 g/mol. The van der Waals surface area contributed by atoms with Crippen molar-refractivity contribution in [1.29, 1.82) is 0 Å². The molecule has 2 aromatic carbocycles. The van der Waals surface area contributed by atoms with Crippen LogP contribution in [0, 0.1) is 11.7 Å². The second-order valence-corrected chi connectivity index (χ2v) is 11.0. The molecule has 10 nitrogen and oxygen atoms in total. The molecule has 230 valence electrons. The number of hydrogen-bond acceptors (Lipinski definition) is 7. The fraction of sp³-hybridized carbons (Fsp3) is 0.233. The highest BCUT2D eigenvalue weighted by Gasteiger charge is 2.35. The highest BCUT2D eigenvalue weighted by molar-refractivity contribution is 6.31. The zero-order chi connectivity index (χ0) is 31.9. The molecule has 5 aromatic rings. The van der Waals surface area contributed by atoms with Crippen LogP contribution >= 0.6 is 11.6 Å². The van der Waals surface area contributed by atoms with Crippen LogP contribution in [0.15, 0.2) is 72.2 Å². The summed E-state index contributed by atoms with van der Waals surface area (Å²) in [6.07, 6.45) is 0.128. The monoisotopic (exact) mass is 638 g/mol. The molecule has 0 aliphatic carbocycles. The highest BCUT2D eigenvalue weighted by atomic mass is 35.5. The Morgan fingerprint density at radius 2 is 1.76 bits per heavy atom. The minimum atomic E-state index is -4.70. The zero-order valence-electron chi connectivity index (χ0n) is 23.5. The quantitative estimate of drug-likeness (QED) is 0.237. The number of benzene rings is 2. The summed E-state index contributed by atoms with van der Waals surface area (Å²) in [4.78, 5) is 39.8. The molecule has 1 N–H and O–H groups in total. The summed E-state index contributed by atoms with van der Waals surface area (Å²) in [5.74, 6) is -1.13. The van der Waals surface area contributed by atoms with Crippen molar-refractivity contribution in [1.82, 2.24) is 34.5 Å². The van der Waals surface area contributed by atoms with Crippen molar-refractivity contribution in [2.75, 3.05) is 5.32 Å². The van der Waals surface area contributed by atoms with Crippen LogP contribution in [0.4, 0.5) is 23.2 Å². The summed E-state index contributed by atoms with van der Waals surface area (Å²) in [5.41, 5.74) is 0.482. The van der Waals surface area contributed by atoms with Gasteiger partial charge in [-0.05, 0) is 55.3 Å². The third-order valence-electron chi connectivity index (χ3n) is 7.54. The van der Waals surface area contributed by atoms with Crippen LogP contribution in [-0.2, 0) is 11.0 Å². The molecule has 0 saturated carbocycles. The first-order valence-corrected chi connectivity index (χ1v) is 14.2. The lowest BCUT2D eigenvalue weighted by Crippen LogP contribution is -2.27. The van der Waals surface area contributed by atoms with Crippen LogP contribution < -0.4 is 10.9 Å². The Morgan fingerprint density at radius 1 is 0.956 bits per heavy atom. The number of fused-ring (bicyclic) bond motifs is 4. The summed E-state index contributed by atoms with van der Waals surface area (Å²) >= 11 is 6.21. The molecule has 0 spiro atoms. The topological polar surface area (TPSA) is 120 Å². The van der Waals surface area contributed by atoms with E-state index in [1.165, 1.54) is 59.7 Å². The molecule has 0 fully saturated rings. The van der Waals surface area contributed by atoms with E-state index in [4.69, 9.17) is 11.6 Å². The van der Waals surface area contributed by atoms with Gasteiger partial charge < -0.3 is 5.32 Å². The van der Waals surface area contributed by atoms with E-state index in [1.807, 2.05) is 0 Å². The smallest absolute Gasteiger partial charge is 0.325 e. The lowest BCUT2D eigenvalue weighted by atomic mass is 9.96. The minimum Gasteiger partial charge on any atom is -0.325 e. The molecular formula is C30H23ClF4N8O2. The zero-order valence-corrected chi connectivity index (χ0v) is 24.2. The number of alkyl halides is 3. The van der Waals surface area contributed by atoms with Gasteiger partial charge in [0.2, 0.25) is 5.91 Å². The fourth-order valence-electron chi connectivity index (χ4n) is 5.19. The Labute approximate surface area is 257 Å². The van der Waals surface area contributed by atoms with E-state index in [2.05, 4.69) is 30.6 Å². The van der Waals surface area contributed by atoms with Crippen LogP contribution in [0.25, 0.3) is 28.2 Å². The maximum atomic E-state index is 14.3. The molecule has 6 rings (SSSR count). The maximum Gasteiger partial charge on any atom is 0.436 e. The first kappa shape index (κ1) is 30.1. The van der Waals surface area contributed by atoms with E-state index in [-0.39, 0.29) is 33.8 Å². The first-order valence-electron chi connectivity index (χ1n) is 13.8. The maximum absolute atomic E-state index is 14.3. The van der Waals surface area contributed by atoms with E-state index < -0.39 is 29.3 Å². The number of halogens is 5. The van der Waals surface area contributed by atoms with Crippen LogP contribution in [0.5, 0.6) is 0 Å². The van der Waals surface area contributed by atoms with Gasteiger partial charge in [-0.25, -0.2) is 24.0 Å². The van der Waals surface area contributed by atoms with Gasteiger partial charge in [0.1, 0.15) is 12.1 Å². The van der Waals surface area contributed by atoms with Crippen LogP contribution in [-0.4, -0.2) is 40.4 Å². The van der Waals surface area contributed by atoms with Gasteiger partial charge in [0.15, 0.2) is 5.69 Å². The summed E-state index contributed by atoms with van der Waals surface area (Å²) in [7, 11) is 0. The number of anilines is 1. The summed E-state index contributed by atoms with van der Waals surface area (Å²) in [6, 6.07) is 10.6. The highest BCUT2D eigenvalue weighted by Crippen LogP contribution is 2.34. The van der Waals surface area contributed by atoms with E-state index in [1.54, 1.807) is 13.0 Å². The molecule has 2 bridgehead atoms. The lowest BCUT2D eigenvalue weighted by molar-refractivity contribution is -0.141. The van der Waals surface area contributed by atoms with E-state index in [0.717, 1.165) is 10.9 Å². The third kappa shape index (κ3) is 6.18. The third-order valence-corrected chi connectivity index (χ3v) is 7.78. The molecule has 15 heteroatoms. The van der Waals surface area contributed by atoms with Gasteiger partial charge in [0, 0.05) is 28.1 Å². The standard InChI is InChI=1S/C30H23ClF4N8O2/c1-16-3-2-4-26(24-11-22(36-14-37-24)19-10-18(32)6-7-21(19)39-29(16)45)42-15-38-23(12-28(42)44)20-9-17(31)5-8-25(20)43-13-27(40-41-43)30(33,34)35/h5-16,26H,2-4H2,1H3,(H,39,45)/t16-,26-/m1/s1. The number of hydrogen-bond donors (Lipinski definition) is 1. The van der Waals surface area contributed by atoms with Gasteiger partial charge >= 0.3 is 6.18 Å². The van der Waals surface area contributed by atoms with E-state index in [9.17, 15) is 27.2 Å². The Kier molecular flexibility index (Phi) is 7.91. The normalized spacial score (nSPS) is 17.2. The number of nitrogens with one attached hydrogen (secondary N) is 1. The molecule has 0 unspecified atom stereocenters.